The summed E-state index contributed by atoms with van der Waals surface area (Å²) in [6.07, 6.45) is 0. The number of carbonyl (C=O) groups is 1. The minimum Gasteiger partial charge on any atom is -0.290 e. The molecule has 0 saturated carbocycles. The SMILES string of the molecule is NNC(=O)c1cc(F)ccc1[N+](=O)[O-]. The van der Waals surface area contributed by atoms with Crippen LogP contribution in [0.5, 0.6) is 0 Å². The number of rotatable bonds is 2. The predicted molar refractivity (Wildman–Crippen MR) is 44.7 cm³/mol. The van der Waals surface area contributed by atoms with Crippen molar-refractivity contribution in [3.05, 3.63) is 39.7 Å². The number of nitrogens with zero attached hydrogens (tertiary/aromatic N) is 1. The molecule has 1 amide bonds. The van der Waals surface area contributed by atoms with E-state index in [0.29, 0.717) is 0 Å². The second kappa shape index (κ2) is 3.79. The molecule has 14 heavy (non-hydrogen) atoms. The molecule has 0 heterocycles. The van der Waals surface area contributed by atoms with Gasteiger partial charge in [0.15, 0.2) is 0 Å². The van der Waals surface area contributed by atoms with Crippen LogP contribution in [0.15, 0.2) is 18.2 Å². The first-order valence-corrected chi connectivity index (χ1v) is 3.51. The lowest BCUT2D eigenvalue weighted by Crippen LogP contribution is -2.30. The van der Waals surface area contributed by atoms with Gasteiger partial charge in [0, 0.05) is 6.07 Å². The number of benzene rings is 1. The zero-order valence-corrected chi connectivity index (χ0v) is 6.86. The minimum absolute atomic E-state index is 0.405. The second-order valence-corrected chi connectivity index (χ2v) is 2.39. The fourth-order valence-electron chi connectivity index (χ4n) is 0.927. The smallest absolute Gasteiger partial charge is 0.282 e. The number of hydrazine groups is 1. The summed E-state index contributed by atoms with van der Waals surface area (Å²) in [6.45, 7) is 0. The Morgan fingerprint density at radius 1 is 1.57 bits per heavy atom. The van der Waals surface area contributed by atoms with Crippen LogP contribution in [0.3, 0.4) is 0 Å². The Kier molecular flexibility index (Phi) is 2.73. The lowest BCUT2D eigenvalue weighted by molar-refractivity contribution is -0.385. The van der Waals surface area contributed by atoms with Gasteiger partial charge in [0.2, 0.25) is 0 Å². The maximum Gasteiger partial charge on any atom is 0.282 e. The monoisotopic (exact) mass is 199 g/mol. The van der Waals surface area contributed by atoms with E-state index in [0.717, 1.165) is 18.2 Å². The van der Waals surface area contributed by atoms with E-state index in [2.05, 4.69) is 0 Å². The molecule has 0 aromatic heterocycles. The van der Waals surface area contributed by atoms with Crippen LogP contribution in [0.2, 0.25) is 0 Å². The average Bonchev–Trinajstić information content (AvgIpc) is 2.16. The summed E-state index contributed by atoms with van der Waals surface area (Å²) >= 11 is 0. The topological polar surface area (TPSA) is 98.3 Å². The van der Waals surface area contributed by atoms with Crippen molar-refractivity contribution in [1.29, 1.82) is 0 Å². The third-order valence-corrected chi connectivity index (χ3v) is 1.53. The zero-order valence-electron chi connectivity index (χ0n) is 6.86. The highest BCUT2D eigenvalue weighted by Gasteiger charge is 2.19. The first kappa shape index (κ1) is 10.1. The molecule has 0 aliphatic carbocycles. The minimum atomic E-state index is -0.906. The standard InChI is InChI=1S/C7H6FN3O3/c8-4-1-2-6(11(13)14)5(3-4)7(12)10-9/h1-3H,9H2,(H,10,12). The van der Waals surface area contributed by atoms with E-state index in [1.165, 1.54) is 0 Å². The van der Waals surface area contributed by atoms with Gasteiger partial charge >= 0.3 is 0 Å². The van der Waals surface area contributed by atoms with Crippen molar-refractivity contribution in [3.63, 3.8) is 0 Å². The Hall–Kier alpha value is -2.02. The van der Waals surface area contributed by atoms with Crippen LogP contribution in [0.4, 0.5) is 10.1 Å². The Balaban J connectivity index is 3.29. The van der Waals surface area contributed by atoms with Gasteiger partial charge in [-0.1, -0.05) is 0 Å². The van der Waals surface area contributed by atoms with Crippen LogP contribution in [-0.4, -0.2) is 10.8 Å². The summed E-state index contributed by atoms with van der Waals surface area (Å²) in [6, 6.07) is 2.55. The molecule has 0 saturated heterocycles. The van der Waals surface area contributed by atoms with E-state index in [1.807, 2.05) is 0 Å². The molecule has 6 nitrogen and oxygen atoms in total. The van der Waals surface area contributed by atoms with Crippen molar-refractivity contribution in [2.45, 2.75) is 0 Å². The van der Waals surface area contributed by atoms with Gasteiger partial charge < -0.3 is 0 Å². The third kappa shape index (κ3) is 1.83. The molecule has 0 unspecified atom stereocenters. The Morgan fingerprint density at radius 3 is 2.71 bits per heavy atom. The van der Waals surface area contributed by atoms with Gasteiger partial charge in [0.25, 0.3) is 11.6 Å². The van der Waals surface area contributed by atoms with Crippen molar-refractivity contribution in [1.82, 2.24) is 5.43 Å². The van der Waals surface area contributed by atoms with Crippen LogP contribution in [0.1, 0.15) is 10.4 Å². The van der Waals surface area contributed by atoms with Gasteiger partial charge in [-0.2, -0.15) is 0 Å². The number of nitro groups is 1. The molecule has 0 aliphatic rings. The van der Waals surface area contributed by atoms with Crippen LogP contribution < -0.4 is 11.3 Å². The van der Waals surface area contributed by atoms with E-state index in [4.69, 9.17) is 5.84 Å². The summed E-state index contributed by atoms with van der Waals surface area (Å²) in [7, 11) is 0. The summed E-state index contributed by atoms with van der Waals surface area (Å²) in [5.74, 6) is 3.13. The molecule has 0 atom stereocenters. The molecule has 1 aromatic rings. The highest BCUT2D eigenvalue weighted by atomic mass is 19.1. The van der Waals surface area contributed by atoms with Crippen LogP contribution in [-0.2, 0) is 0 Å². The Bertz CT molecular complexity index is 394. The van der Waals surface area contributed by atoms with Crippen LogP contribution in [0, 0.1) is 15.9 Å². The number of carbonyl (C=O) groups excluding carboxylic acids is 1. The van der Waals surface area contributed by atoms with Gasteiger partial charge in [0.05, 0.1) is 4.92 Å². The van der Waals surface area contributed by atoms with E-state index in [-0.39, 0.29) is 0 Å². The molecule has 0 aliphatic heterocycles. The molecule has 74 valence electrons. The van der Waals surface area contributed by atoms with Gasteiger partial charge in [0.1, 0.15) is 11.4 Å². The van der Waals surface area contributed by atoms with Crippen molar-refractivity contribution < 1.29 is 14.1 Å². The molecule has 0 fully saturated rings. The van der Waals surface area contributed by atoms with E-state index in [9.17, 15) is 19.3 Å². The number of amides is 1. The number of nitrogen functional groups attached to an aromatic ring is 1. The molecule has 7 heteroatoms. The number of nitrogens with two attached hydrogens (primary N) is 1. The summed E-state index contributed by atoms with van der Waals surface area (Å²) in [4.78, 5) is 20.6. The van der Waals surface area contributed by atoms with Crippen molar-refractivity contribution in [2.75, 3.05) is 0 Å². The first-order valence-electron chi connectivity index (χ1n) is 3.51. The van der Waals surface area contributed by atoms with Gasteiger partial charge in [-0.25, -0.2) is 10.2 Å². The van der Waals surface area contributed by atoms with Gasteiger partial charge in [-0.05, 0) is 12.1 Å². The Morgan fingerprint density at radius 2 is 2.21 bits per heavy atom. The number of hydrogen-bond donors (Lipinski definition) is 2. The normalized spacial score (nSPS) is 9.57. The quantitative estimate of drug-likeness (QED) is 0.310. The fourth-order valence-corrected chi connectivity index (χ4v) is 0.927. The van der Waals surface area contributed by atoms with Crippen molar-refractivity contribution in [3.8, 4) is 0 Å². The van der Waals surface area contributed by atoms with E-state index >= 15 is 0 Å². The van der Waals surface area contributed by atoms with E-state index < -0.39 is 27.9 Å². The molecule has 1 rings (SSSR count). The lowest BCUT2D eigenvalue weighted by atomic mass is 10.1. The summed E-state index contributed by atoms with van der Waals surface area (Å²) in [5.41, 5.74) is 0.797. The maximum atomic E-state index is 12.7. The highest BCUT2D eigenvalue weighted by Crippen LogP contribution is 2.18. The highest BCUT2D eigenvalue weighted by molar-refractivity contribution is 5.97. The fraction of sp³-hybridized carbons (Fsp3) is 0. The molecule has 0 radical (unpaired) electrons. The molecule has 0 spiro atoms. The molecular formula is C7H6FN3O3. The first-order chi connectivity index (χ1) is 6.56. The number of nitro benzene ring substituents is 1. The molecule has 1 aromatic carbocycles. The summed E-state index contributed by atoms with van der Waals surface area (Å²) in [5, 5.41) is 10.4. The largest absolute Gasteiger partial charge is 0.290 e. The number of nitrogens with one attached hydrogen (secondary N) is 1. The van der Waals surface area contributed by atoms with Crippen LogP contribution in [0.25, 0.3) is 0 Å². The van der Waals surface area contributed by atoms with Gasteiger partial charge in [-0.15, -0.1) is 0 Å². The predicted octanol–water partition coefficient (Wildman–Crippen LogP) is 0.337. The average molecular weight is 199 g/mol. The van der Waals surface area contributed by atoms with Crippen molar-refractivity contribution in [2.24, 2.45) is 5.84 Å². The number of halogens is 1. The third-order valence-electron chi connectivity index (χ3n) is 1.53. The maximum absolute atomic E-state index is 12.7. The molecular weight excluding hydrogens is 193 g/mol. The van der Waals surface area contributed by atoms with E-state index in [1.54, 1.807) is 5.43 Å². The zero-order chi connectivity index (χ0) is 10.7. The molecule has 0 bridgehead atoms. The summed E-state index contributed by atoms with van der Waals surface area (Å²) < 4.78 is 12.7. The van der Waals surface area contributed by atoms with Crippen molar-refractivity contribution >= 4 is 11.6 Å². The lowest BCUT2D eigenvalue weighted by Gasteiger charge is -2.00. The van der Waals surface area contributed by atoms with Crippen LogP contribution >= 0.6 is 0 Å². The van der Waals surface area contributed by atoms with Gasteiger partial charge in [-0.3, -0.25) is 20.3 Å². The second-order valence-electron chi connectivity index (χ2n) is 2.39. The number of hydrogen-bond acceptors (Lipinski definition) is 4. The Labute approximate surface area is 77.6 Å². The molecule has 3 N–H and O–H groups in total.